The maximum atomic E-state index is 12.8. The molecule has 0 unspecified atom stereocenters. The van der Waals surface area contributed by atoms with Crippen LogP contribution in [-0.2, 0) is 16.4 Å². The van der Waals surface area contributed by atoms with Gasteiger partial charge in [-0.15, -0.1) is 0 Å². The van der Waals surface area contributed by atoms with Crippen molar-refractivity contribution in [2.24, 2.45) is 0 Å². The molecule has 0 bridgehead atoms. The second-order valence-corrected chi connectivity index (χ2v) is 7.63. The summed E-state index contributed by atoms with van der Waals surface area (Å²) in [4.78, 5) is 14.5. The molecule has 5 nitrogen and oxygen atoms in total. The van der Waals surface area contributed by atoms with Crippen LogP contribution >= 0.6 is 0 Å². The van der Waals surface area contributed by atoms with Gasteiger partial charge in [-0.2, -0.15) is 0 Å². The number of sulfonamides is 1. The van der Waals surface area contributed by atoms with Crippen LogP contribution in [0, 0.1) is 0 Å². The van der Waals surface area contributed by atoms with Crippen LogP contribution in [0.1, 0.15) is 15.9 Å². The highest BCUT2D eigenvalue weighted by molar-refractivity contribution is 7.92. The molecule has 1 heterocycles. The molecular formula is C17H18N2O3S. The average molecular weight is 330 g/mol. The molecule has 2 aromatic rings. The number of benzene rings is 2. The van der Waals surface area contributed by atoms with Crippen molar-refractivity contribution in [1.82, 2.24) is 0 Å². The third-order valence-electron chi connectivity index (χ3n) is 4.09. The van der Waals surface area contributed by atoms with Crippen molar-refractivity contribution in [3.63, 3.8) is 0 Å². The lowest BCUT2D eigenvalue weighted by Crippen LogP contribution is -2.29. The Morgan fingerprint density at radius 2 is 1.87 bits per heavy atom. The topological polar surface area (TPSA) is 57.7 Å². The Morgan fingerprint density at radius 1 is 1.13 bits per heavy atom. The van der Waals surface area contributed by atoms with Gasteiger partial charge in [-0.1, -0.05) is 24.3 Å². The summed E-state index contributed by atoms with van der Waals surface area (Å²) in [6.45, 7) is 0.643. The van der Waals surface area contributed by atoms with Gasteiger partial charge in [-0.25, -0.2) is 8.42 Å². The molecule has 1 amide bonds. The average Bonchev–Trinajstić information content (AvgIpc) is 2.96. The van der Waals surface area contributed by atoms with Gasteiger partial charge in [0.1, 0.15) is 0 Å². The highest BCUT2D eigenvalue weighted by atomic mass is 32.2. The Morgan fingerprint density at radius 3 is 2.61 bits per heavy atom. The van der Waals surface area contributed by atoms with E-state index >= 15 is 0 Å². The molecule has 0 saturated heterocycles. The highest BCUT2D eigenvalue weighted by Gasteiger charge is 2.25. The number of carbonyl (C=O) groups is 1. The van der Waals surface area contributed by atoms with Crippen LogP contribution in [0.5, 0.6) is 0 Å². The molecule has 6 heteroatoms. The van der Waals surface area contributed by atoms with Crippen molar-refractivity contribution in [2.45, 2.75) is 6.42 Å². The van der Waals surface area contributed by atoms with Crippen molar-refractivity contribution in [3.8, 4) is 0 Å². The lowest BCUT2D eigenvalue weighted by Gasteiger charge is -2.20. The van der Waals surface area contributed by atoms with E-state index in [1.807, 2.05) is 24.3 Å². The molecule has 1 aliphatic rings. The van der Waals surface area contributed by atoms with Crippen LogP contribution in [0.2, 0.25) is 0 Å². The monoisotopic (exact) mass is 330 g/mol. The number of amides is 1. The van der Waals surface area contributed by atoms with E-state index in [4.69, 9.17) is 0 Å². The molecule has 2 aromatic carbocycles. The molecule has 0 radical (unpaired) electrons. The molecule has 0 aliphatic carbocycles. The van der Waals surface area contributed by atoms with Crippen LogP contribution in [0.4, 0.5) is 11.4 Å². The minimum Gasteiger partial charge on any atom is -0.308 e. The first-order valence-corrected chi connectivity index (χ1v) is 9.16. The van der Waals surface area contributed by atoms with Gasteiger partial charge in [0.25, 0.3) is 5.91 Å². The Labute approximate surface area is 136 Å². The maximum Gasteiger partial charge on any atom is 0.258 e. The summed E-state index contributed by atoms with van der Waals surface area (Å²) < 4.78 is 24.5. The summed E-state index contributed by atoms with van der Waals surface area (Å²) in [5.74, 6) is -0.112. The molecule has 0 saturated carbocycles. The summed E-state index contributed by atoms with van der Waals surface area (Å²) in [7, 11) is -1.88. The molecule has 0 atom stereocenters. The number of anilines is 2. The Bertz CT molecular complexity index is 862. The minimum atomic E-state index is -3.36. The van der Waals surface area contributed by atoms with Crippen molar-refractivity contribution in [3.05, 3.63) is 59.7 Å². The third kappa shape index (κ3) is 2.94. The molecule has 0 spiro atoms. The first-order valence-electron chi connectivity index (χ1n) is 7.31. The highest BCUT2D eigenvalue weighted by Crippen LogP contribution is 2.29. The van der Waals surface area contributed by atoms with Crippen LogP contribution < -0.4 is 9.21 Å². The predicted molar refractivity (Wildman–Crippen MR) is 91.5 cm³/mol. The summed E-state index contributed by atoms with van der Waals surface area (Å²) in [6, 6.07) is 14.5. The maximum absolute atomic E-state index is 12.8. The van der Waals surface area contributed by atoms with Crippen LogP contribution in [0.25, 0.3) is 0 Å². The van der Waals surface area contributed by atoms with Gasteiger partial charge in [0, 0.05) is 24.8 Å². The fourth-order valence-electron chi connectivity index (χ4n) is 2.73. The van der Waals surface area contributed by atoms with E-state index in [1.54, 1.807) is 29.2 Å². The largest absolute Gasteiger partial charge is 0.308 e. The number of fused-ring (bicyclic) bond motifs is 1. The predicted octanol–water partition coefficient (Wildman–Crippen LogP) is 2.29. The number of carbonyl (C=O) groups excluding carboxylic acids is 1. The minimum absolute atomic E-state index is 0.112. The number of para-hydroxylation sites is 1. The van der Waals surface area contributed by atoms with Gasteiger partial charge in [-0.05, 0) is 36.2 Å². The van der Waals surface area contributed by atoms with E-state index in [0.29, 0.717) is 17.8 Å². The zero-order chi connectivity index (χ0) is 16.6. The van der Waals surface area contributed by atoms with Crippen molar-refractivity contribution < 1.29 is 13.2 Å². The second kappa shape index (κ2) is 5.70. The van der Waals surface area contributed by atoms with Gasteiger partial charge in [0.2, 0.25) is 10.0 Å². The van der Waals surface area contributed by atoms with Crippen molar-refractivity contribution in [1.29, 1.82) is 0 Å². The fourth-order valence-corrected chi connectivity index (χ4v) is 3.23. The first-order chi connectivity index (χ1) is 10.9. The standard InChI is InChI=1S/C17H18N2O3S/c1-18(23(2,21)22)15-8-5-7-14(12-15)17(20)19-11-10-13-6-3-4-9-16(13)19/h3-9,12H,10-11H2,1-2H3. The zero-order valence-electron chi connectivity index (χ0n) is 13.1. The number of rotatable bonds is 3. The lowest BCUT2D eigenvalue weighted by molar-refractivity contribution is 0.0989. The number of nitrogens with zero attached hydrogens (tertiary/aromatic N) is 2. The van der Waals surface area contributed by atoms with Crippen LogP contribution in [0.3, 0.4) is 0 Å². The summed E-state index contributed by atoms with van der Waals surface area (Å²) in [5, 5.41) is 0. The zero-order valence-corrected chi connectivity index (χ0v) is 13.9. The molecule has 120 valence electrons. The Balaban J connectivity index is 1.93. The van der Waals surface area contributed by atoms with Gasteiger partial charge in [0.15, 0.2) is 0 Å². The normalized spacial score (nSPS) is 13.7. The number of hydrogen-bond donors (Lipinski definition) is 0. The van der Waals surface area contributed by atoms with E-state index in [0.717, 1.165) is 23.9 Å². The third-order valence-corrected chi connectivity index (χ3v) is 5.29. The van der Waals surface area contributed by atoms with Gasteiger partial charge >= 0.3 is 0 Å². The first kappa shape index (κ1) is 15.6. The molecule has 0 aromatic heterocycles. The summed E-state index contributed by atoms with van der Waals surface area (Å²) >= 11 is 0. The molecular weight excluding hydrogens is 312 g/mol. The molecule has 1 aliphatic heterocycles. The van der Waals surface area contributed by atoms with E-state index in [9.17, 15) is 13.2 Å². The molecule has 0 fully saturated rings. The Hall–Kier alpha value is -2.34. The van der Waals surface area contributed by atoms with Gasteiger partial charge in [0.05, 0.1) is 11.9 Å². The quantitative estimate of drug-likeness (QED) is 0.867. The van der Waals surface area contributed by atoms with E-state index in [-0.39, 0.29) is 5.91 Å². The lowest BCUT2D eigenvalue weighted by atomic mass is 10.1. The summed E-state index contributed by atoms with van der Waals surface area (Å²) in [6.07, 6.45) is 1.98. The number of hydrogen-bond acceptors (Lipinski definition) is 3. The second-order valence-electron chi connectivity index (χ2n) is 5.62. The van der Waals surface area contributed by atoms with E-state index in [2.05, 4.69) is 0 Å². The molecule has 23 heavy (non-hydrogen) atoms. The van der Waals surface area contributed by atoms with Crippen LogP contribution in [0.15, 0.2) is 48.5 Å². The van der Waals surface area contributed by atoms with Gasteiger partial charge in [-0.3, -0.25) is 9.10 Å². The molecule has 3 rings (SSSR count). The van der Waals surface area contributed by atoms with Gasteiger partial charge < -0.3 is 4.90 Å². The summed E-state index contributed by atoms with van der Waals surface area (Å²) in [5.41, 5.74) is 3.05. The van der Waals surface area contributed by atoms with Crippen LogP contribution in [-0.4, -0.2) is 34.2 Å². The van der Waals surface area contributed by atoms with E-state index < -0.39 is 10.0 Å². The fraction of sp³-hybridized carbons (Fsp3) is 0.235. The smallest absolute Gasteiger partial charge is 0.258 e. The molecule has 0 N–H and O–H groups in total. The van der Waals surface area contributed by atoms with Crippen molar-refractivity contribution in [2.75, 3.05) is 29.1 Å². The van der Waals surface area contributed by atoms with E-state index in [1.165, 1.54) is 11.4 Å². The van der Waals surface area contributed by atoms with Crippen molar-refractivity contribution >= 4 is 27.3 Å². The Kier molecular flexibility index (Phi) is 3.85. The SMILES string of the molecule is CN(c1cccc(C(=O)N2CCc3ccccc32)c1)S(C)(=O)=O.